The van der Waals surface area contributed by atoms with E-state index in [4.69, 9.17) is 5.73 Å². The smallest absolute Gasteiger partial charge is 0.0187 e. The quantitative estimate of drug-likeness (QED) is 0.430. The summed E-state index contributed by atoms with van der Waals surface area (Å²) in [5.41, 5.74) is 5.52. The minimum Gasteiger partial charge on any atom is -0.329 e. The van der Waals surface area contributed by atoms with E-state index in [1.807, 2.05) is 13.1 Å². The third-order valence-electron chi connectivity index (χ3n) is 1.90. The van der Waals surface area contributed by atoms with Gasteiger partial charge in [-0.25, -0.2) is 0 Å². The van der Waals surface area contributed by atoms with Gasteiger partial charge < -0.3 is 11.1 Å². The molecule has 0 saturated carbocycles. The van der Waals surface area contributed by atoms with Crippen molar-refractivity contribution in [2.45, 2.75) is 31.7 Å². The molecule has 0 amide bonds. The van der Waals surface area contributed by atoms with Gasteiger partial charge in [0.25, 0.3) is 0 Å². The van der Waals surface area contributed by atoms with Gasteiger partial charge in [0.1, 0.15) is 0 Å². The molecular weight excluding hydrogens is 136 g/mol. The molecule has 0 aromatic carbocycles. The predicted molar refractivity (Wildman–Crippen MR) is 50.6 cm³/mol. The Morgan fingerprint density at radius 2 is 2.27 bits per heavy atom. The van der Waals surface area contributed by atoms with Gasteiger partial charge >= 0.3 is 0 Å². The summed E-state index contributed by atoms with van der Waals surface area (Å²) in [6.07, 6.45) is 6.76. The number of nitrogens with two attached hydrogens (primary N) is 1. The average Bonchev–Trinajstić information content (AvgIpc) is 2.05. The van der Waals surface area contributed by atoms with E-state index < -0.39 is 0 Å². The lowest BCUT2D eigenvalue weighted by molar-refractivity contribution is 0.503. The Balaban J connectivity index is 3.13. The van der Waals surface area contributed by atoms with Crippen molar-refractivity contribution in [1.29, 1.82) is 0 Å². The number of allylic oxidation sites excluding steroid dienone is 1. The Bertz CT molecular complexity index is 87.6. The van der Waals surface area contributed by atoms with Gasteiger partial charge in [-0.1, -0.05) is 12.5 Å². The highest BCUT2D eigenvalue weighted by molar-refractivity contribution is 4.68. The molecule has 0 aliphatic carbocycles. The van der Waals surface area contributed by atoms with Crippen LogP contribution in [-0.2, 0) is 0 Å². The van der Waals surface area contributed by atoms with Crippen molar-refractivity contribution in [1.82, 2.24) is 5.32 Å². The number of hydrogen-bond donors (Lipinski definition) is 2. The molecule has 0 spiro atoms. The Hall–Kier alpha value is -0.340. The van der Waals surface area contributed by atoms with Crippen LogP contribution in [0.2, 0.25) is 0 Å². The summed E-state index contributed by atoms with van der Waals surface area (Å²) in [6, 6.07) is 0.500. The number of nitrogens with one attached hydrogen (secondary N) is 1. The molecular formula is C9H20N2. The molecule has 0 aliphatic rings. The Labute approximate surface area is 69.9 Å². The second-order valence-corrected chi connectivity index (χ2v) is 2.79. The number of rotatable bonds is 7. The van der Waals surface area contributed by atoms with Crippen molar-refractivity contribution in [3.63, 3.8) is 0 Å². The molecule has 0 radical (unpaired) electrons. The maximum atomic E-state index is 5.52. The van der Waals surface area contributed by atoms with Crippen molar-refractivity contribution in [3.8, 4) is 0 Å². The number of hydrogen-bond acceptors (Lipinski definition) is 2. The lowest BCUT2D eigenvalue weighted by Crippen LogP contribution is -2.32. The molecule has 0 unspecified atom stereocenters. The molecule has 0 bridgehead atoms. The summed E-state index contributed by atoms with van der Waals surface area (Å²) in [7, 11) is 1.96. The Morgan fingerprint density at radius 1 is 1.55 bits per heavy atom. The second kappa shape index (κ2) is 7.76. The van der Waals surface area contributed by atoms with Crippen LogP contribution in [0.3, 0.4) is 0 Å². The minimum absolute atomic E-state index is 0.500. The van der Waals surface area contributed by atoms with Crippen molar-refractivity contribution in [2.75, 3.05) is 13.6 Å². The standard InChI is InChI=1S/C9H20N2/c1-3-4-5-6-7-9(8-10)11-2/h3,9,11H,1,4-8,10H2,2H3/t9-/m1/s1. The highest BCUT2D eigenvalue weighted by Gasteiger charge is 2.00. The van der Waals surface area contributed by atoms with Crippen LogP contribution in [0.1, 0.15) is 25.7 Å². The molecule has 2 heteroatoms. The molecule has 66 valence electrons. The van der Waals surface area contributed by atoms with Crippen LogP contribution in [0.4, 0.5) is 0 Å². The van der Waals surface area contributed by atoms with Crippen LogP contribution < -0.4 is 11.1 Å². The monoisotopic (exact) mass is 156 g/mol. The maximum Gasteiger partial charge on any atom is 0.0187 e. The van der Waals surface area contributed by atoms with E-state index in [-0.39, 0.29) is 0 Å². The van der Waals surface area contributed by atoms with E-state index in [0.29, 0.717) is 6.04 Å². The van der Waals surface area contributed by atoms with Gasteiger partial charge in [0.2, 0.25) is 0 Å². The van der Waals surface area contributed by atoms with Gasteiger partial charge in [0.05, 0.1) is 0 Å². The van der Waals surface area contributed by atoms with Crippen LogP contribution in [0.15, 0.2) is 12.7 Å². The highest BCUT2D eigenvalue weighted by atomic mass is 14.9. The summed E-state index contributed by atoms with van der Waals surface area (Å²) < 4.78 is 0. The summed E-state index contributed by atoms with van der Waals surface area (Å²) in [5, 5.41) is 3.18. The molecule has 0 aromatic rings. The molecule has 0 aliphatic heterocycles. The number of likely N-dealkylation sites (N-methyl/N-ethyl adjacent to an activating group) is 1. The van der Waals surface area contributed by atoms with Crippen LogP contribution >= 0.6 is 0 Å². The topological polar surface area (TPSA) is 38.0 Å². The van der Waals surface area contributed by atoms with Gasteiger partial charge in [-0.3, -0.25) is 0 Å². The molecule has 0 fully saturated rings. The average molecular weight is 156 g/mol. The lowest BCUT2D eigenvalue weighted by Gasteiger charge is -2.12. The van der Waals surface area contributed by atoms with E-state index in [1.165, 1.54) is 19.3 Å². The predicted octanol–water partition coefficient (Wildman–Crippen LogP) is 1.28. The molecule has 0 saturated heterocycles. The lowest BCUT2D eigenvalue weighted by atomic mass is 10.1. The normalized spacial score (nSPS) is 12.9. The van der Waals surface area contributed by atoms with Gasteiger partial charge in [-0.15, -0.1) is 6.58 Å². The van der Waals surface area contributed by atoms with Crippen LogP contribution in [0, 0.1) is 0 Å². The van der Waals surface area contributed by atoms with Crippen molar-refractivity contribution < 1.29 is 0 Å². The Morgan fingerprint density at radius 3 is 2.73 bits per heavy atom. The third-order valence-corrected chi connectivity index (χ3v) is 1.90. The highest BCUT2D eigenvalue weighted by Crippen LogP contribution is 2.02. The van der Waals surface area contributed by atoms with Gasteiger partial charge in [-0.05, 0) is 26.3 Å². The molecule has 0 heterocycles. The Kier molecular flexibility index (Phi) is 7.52. The van der Waals surface area contributed by atoms with Crippen LogP contribution in [-0.4, -0.2) is 19.6 Å². The van der Waals surface area contributed by atoms with E-state index in [1.54, 1.807) is 0 Å². The molecule has 0 rings (SSSR count). The molecule has 3 N–H and O–H groups in total. The van der Waals surface area contributed by atoms with Gasteiger partial charge in [-0.2, -0.15) is 0 Å². The maximum absolute atomic E-state index is 5.52. The van der Waals surface area contributed by atoms with E-state index >= 15 is 0 Å². The van der Waals surface area contributed by atoms with Crippen molar-refractivity contribution >= 4 is 0 Å². The fourth-order valence-corrected chi connectivity index (χ4v) is 1.06. The first-order valence-corrected chi connectivity index (χ1v) is 4.33. The first kappa shape index (κ1) is 10.7. The van der Waals surface area contributed by atoms with Crippen molar-refractivity contribution in [2.24, 2.45) is 5.73 Å². The SMILES string of the molecule is C=CCCCC[C@H](CN)NC. The second-order valence-electron chi connectivity index (χ2n) is 2.79. The molecule has 0 aromatic heterocycles. The van der Waals surface area contributed by atoms with Crippen molar-refractivity contribution in [3.05, 3.63) is 12.7 Å². The zero-order valence-corrected chi connectivity index (χ0v) is 7.47. The first-order chi connectivity index (χ1) is 5.35. The van der Waals surface area contributed by atoms with Crippen LogP contribution in [0.5, 0.6) is 0 Å². The summed E-state index contributed by atoms with van der Waals surface area (Å²) >= 11 is 0. The van der Waals surface area contributed by atoms with Crippen LogP contribution in [0.25, 0.3) is 0 Å². The largest absolute Gasteiger partial charge is 0.329 e. The summed E-state index contributed by atoms with van der Waals surface area (Å²) in [5.74, 6) is 0. The minimum atomic E-state index is 0.500. The van der Waals surface area contributed by atoms with Gasteiger partial charge in [0, 0.05) is 12.6 Å². The molecule has 1 atom stereocenters. The summed E-state index contributed by atoms with van der Waals surface area (Å²) in [4.78, 5) is 0. The van der Waals surface area contributed by atoms with Gasteiger partial charge in [0.15, 0.2) is 0 Å². The fraction of sp³-hybridized carbons (Fsp3) is 0.778. The first-order valence-electron chi connectivity index (χ1n) is 4.33. The third kappa shape index (κ3) is 6.07. The molecule has 11 heavy (non-hydrogen) atoms. The van der Waals surface area contributed by atoms with E-state index in [2.05, 4.69) is 11.9 Å². The van der Waals surface area contributed by atoms with E-state index in [9.17, 15) is 0 Å². The number of unbranched alkanes of at least 4 members (excludes halogenated alkanes) is 2. The fourth-order valence-electron chi connectivity index (χ4n) is 1.06. The summed E-state index contributed by atoms with van der Waals surface area (Å²) in [6.45, 7) is 4.42. The van der Waals surface area contributed by atoms with E-state index in [0.717, 1.165) is 13.0 Å². The molecule has 2 nitrogen and oxygen atoms in total. The zero-order valence-electron chi connectivity index (χ0n) is 7.47. The zero-order chi connectivity index (χ0) is 8.53.